The average Bonchev–Trinajstić information content (AvgIpc) is 2.72. The van der Waals surface area contributed by atoms with Crippen LogP contribution in [-0.2, 0) is 9.47 Å². The van der Waals surface area contributed by atoms with Crippen molar-refractivity contribution in [2.45, 2.75) is 45.6 Å². The lowest BCUT2D eigenvalue weighted by molar-refractivity contribution is 0.0963. The van der Waals surface area contributed by atoms with E-state index in [0.29, 0.717) is 18.6 Å². The van der Waals surface area contributed by atoms with Gasteiger partial charge in [0, 0.05) is 45.9 Å². The van der Waals surface area contributed by atoms with Crippen LogP contribution in [0.2, 0.25) is 0 Å². The van der Waals surface area contributed by atoms with Crippen LogP contribution in [-0.4, -0.2) is 94.0 Å². The Morgan fingerprint density at radius 3 is 2.43 bits per heavy atom. The number of carbonyl (C=O) groups excluding carboxylic acids is 1. The summed E-state index contributed by atoms with van der Waals surface area (Å²) in [7, 11) is 1.76. The Morgan fingerprint density at radius 1 is 1.11 bits per heavy atom. The molecule has 2 N–H and O–H groups in total. The van der Waals surface area contributed by atoms with Crippen molar-refractivity contribution in [2.75, 3.05) is 66.1 Å². The number of hydrogen-bond donors (Lipinski definition) is 2. The molecule has 2 saturated heterocycles. The van der Waals surface area contributed by atoms with Crippen LogP contribution in [0.5, 0.6) is 0 Å². The Balaban J connectivity index is 1.73. The molecule has 0 radical (unpaired) electrons. The molecule has 0 aromatic heterocycles. The summed E-state index contributed by atoms with van der Waals surface area (Å²) < 4.78 is 10.3. The maximum absolute atomic E-state index is 11.8. The van der Waals surface area contributed by atoms with Gasteiger partial charge in [-0.2, -0.15) is 0 Å². The summed E-state index contributed by atoms with van der Waals surface area (Å²) >= 11 is 0. The maximum Gasteiger partial charge on any atom is 0.409 e. The zero-order chi connectivity index (χ0) is 20.2. The molecule has 0 bridgehead atoms. The number of guanidine groups is 1. The van der Waals surface area contributed by atoms with Gasteiger partial charge >= 0.3 is 6.09 Å². The fraction of sp³-hybridized carbons (Fsp3) is 0.900. The highest BCUT2D eigenvalue weighted by Gasteiger charge is 2.24. The summed E-state index contributed by atoms with van der Waals surface area (Å²) in [6.07, 6.45) is 4.04. The number of nitrogens with one attached hydrogen (secondary N) is 2. The van der Waals surface area contributed by atoms with Crippen molar-refractivity contribution in [1.29, 1.82) is 0 Å². The van der Waals surface area contributed by atoms with Gasteiger partial charge in [-0.3, -0.25) is 4.99 Å². The molecule has 0 unspecified atom stereocenters. The number of aliphatic imine (C=N–C) groups is 1. The fourth-order valence-corrected chi connectivity index (χ4v) is 3.77. The highest BCUT2D eigenvalue weighted by Crippen LogP contribution is 2.17. The van der Waals surface area contributed by atoms with Crippen molar-refractivity contribution in [3.8, 4) is 0 Å². The highest BCUT2D eigenvalue weighted by molar-refractivity contribution is 5.80. The molecule has 0 saturated carbocycles. The first-order valence-electron chi connectivity index (χ1n) is 10.8. The van der Waals surface area contributed by atoms with Gasteiger partial charge in [0.05, 0.1) is 13.2 Å². The van der Waals surface area contributed by atoms with Gasteiger partial charge in [-0.25, -0.2) is 4.79 Å². The Bertz CT molecular complexity index is 472. The number of carbonyl (C=O) groups is 1. The van der Waals surface area contributed by atoms with Gasteiger partial charge in [0.25, 0.3) is 0 Å². The quantitative estimate of drug-likeness (QED) is 0.478. The largest absolute Gasteiger partial charge is 0.450 e. The molecule has 2 aliphatic heterocycles. The van der Waals surface area contributed by atoms with Crippen molar-refractivity contribution in [2.24, 2.45) is 10.9 Å². The van der Waals surface area contributed by atoms with Crippen molar-refractivity contribution < 1.29 is 14.3 Å². The molecular formula is C20H39N5O3. The molecule has 8 heteroatoms. The number of rotatable bonds is 8. The number of likely N-dealkylation sites (tertiary alicyclic amines) is 2. The lowest BCUT2D eigenvalue weighted by atomic mass is 9.97. The molecule has 2 aliphatic rings. The third-order valence-electron chi connectivity index (χ3n) is 5.53. The van der Waals surface area contributed by atoms with Crippen molar-refractivity contribution in [1.82, 2.24) is 20.4 Å². The second-order valence-electron chi connectivity index (χ2n) is 7.60. The van der Waals surface area contributed by atoms with Crippen LogP contribution in [0.1, 0.15) is 39.5 Å². The normalized spacial score (nSPS) is 20.2. The van der Waals surface area contributed by atoms with Crippen LogP contribution < -0.4 is 10.6 Å². The third-order valence-corrected chi connectivity index (χ3v) is 5.53. The molecule has 0 aliphatic carbocycles. The van der Waals surface area contributed by atoms with E-state index in [9.17, 15) is 4.79 Å². The van der Waals surface area contributed by atoms with E-state index in [1.54, 1.807) is 12.0 Å². The van der Waals surface area contributed by atoms with Gasteiger partial charge in [-0.1, -0.05) is 0 Å². The molecule has 1 amide bonds. The molecule has 0 aromatic carbocycles. The van der Waals surface area contributed by atoms with Crippen molar-refractivity contribution in [3.05, 3.63) is 0 Å². The lowest BCUT2D eigenvalue weighted by Gasteiger charge is -2.33. The molecule has 2 fully saturated rings. The fourth-order valence-electron chi connectivity index (χ4n) is 3.77. The van der Waals surface area contributed by atoms with E-state index in [2.05, 4.69) is 22.5 Å². The number of piperidine rings is 2. The molecule has 8 nitrogen and oxygen atoms in total. The lowest BCUT2D eigenvalue weighted by Crippen LogP contribution is -2.50. The second kappa shape index (κ2) is 12.8. The zero-order valence-corrected chi connectivity index (χ0v) is 17.9. The Kier molecular flexibility index (Phi) is 10.4. The average molecular weight is 398 g/mol. The van der Waals surface area contributed by atoms with Gasteiger partial charge in [0.15, 0.2) is 5.96 Å². The third kappa shape index (κ3) is 7.83. The van der Waals surface area contributed by atoms with Crippen LogP contribution in [0, 0.1) is 5.92 Å². The van der Waals surface area contributed by atoms with E-state index < -0.39 is 0 Å². The van der Waals surface area contributed by atoms with Gasteiger partial charge in [0.2, 0.25) is 0 Å². The first-order chi connectivity index (χ1) is 13.7. The minimum Gasteiger partial charge on any atom is -0.450 e. The Hall–Kier alpha value is -1.54. The van der Waals surface area contributed by atoms with Crippen LogP contribution in [0.15, 0.2) is 4.99 Å². The minimum atomic E-state index is -0.196. The SMILES string of the molecule is CCNC(=NCC1CCN(CCOC)CC1)NC1CCN(C(=O)OCC)CC1. The van der Waals surface area contributed by atoms with Crippen LogP contribution in [0.25, 0.3) is 0 Å². The highest BCUT2D eigenvalue weighted by atomic mass is 16.6. The molecular weight excluding hydrogens is 358 g/mol. The van der Waals surface area contributed by atoms with Crippen molar-refractivity contribution in [3.63, 3.8) is 0 Å². The van der Waals surface area contributed by atoms with Crippen molar-refractivity contribution >= 4 is 12.1 Å². The van der Waals surface area contributed by atoms with Crippen LogP contribution in [0.4, 0.5) is 4.79 Å². The molecule has 0 atom stereocenters. The van der Waals surface area contributed by atoms with Gasteiger partial charge < -0.3 is 29.9 Å². The summed E-state index contributed by atoms with van der Waals surface area (Å²) in [5, 5.41) is 6.92. The Morgan fingerprint density at radius 2 is 1.82 bits per heavy atom. The molecule has 0 spiro atoms. The van der Waals surface area contributed by atoms with E-state index in [1.807, 2.05) is 6.92 Å². The summed E-state index contributed by atoms with van der Waals surface area (Å²) in [6, 6.07) is 0.347. The second-order valence-corrected chi connectivity index (χ2v) is 7.60. The minimum absolute atomic E-state index is 0.196. The maximum atomic E-state index is 11.8. The summed E-state index contributed by atoms with van der Waals surface area (Å²) in [4.78, 5) is 20.9. The molecule has 28 heavy (non-hydrogen) atoms. The van der Waals surface area contributed by atoms with Crippen LogP contribution in [0.3, 0.4) is 0 Å². The first kappa shape index (κ1) is 22.7. The van der Waals surface area contributed by atoms with E-state index in [-0.39, 0.29) is 6.09 Å². The molecule has 162 valence electrons. The number of amides is 1. The number of nitrogens with zero attached hydrogens (tertiary/aromatic N) is 3. The summed E-state index contributed by atoms with van der Waals surface area (Å²) in [6.45, 7) is 11.7. The van der Waals surface area contributed by atoms with Gasteiger partial charge in [-0.15, -0.1) is 0 Å². The standard InChI is InChI=1S/C20H39N5O3/c1-4-21-19(22-16-17-6-10-24(11-7-17)14-15-27-3)23-18-8-12-25(13-9-18)20(26)28-5-2/h17-18H,4-16H2,1-3H3,(H2,21,22,23). The number of methoxy groups -OCH3 is 1. The zero-order valence-electron chi connectivity index (χ0n) is 17.9. The van der Waals surface area contributed by atoms with E-state index >= 15 is 0 Å². The van der Waals surface area contributed by atoms with E-state index in [1.165, 1.54) is 12.8 Å². The number of hydrogen-bond acceptors (Lipinski definition) is 5. The molecule has 0 aromatic rings. The van der Waals surface area contributed by atoms with Gasteiger partial charge in [-0.05, 0) is 58.5 Å². The number of ether oxygens (including phenoxy) is 2. The topological polar surface area (TPSA) is 78.4 Å². The molecule has 2 rings (SSSR count). The monoisotopic (exact) mass is 397 g/mol. The summed E-state index contributed by atoms with van der Waals surface area (Å²) in [5.41, 5.74) is 0. The van der Waals surface area contributed by atoms with Crippen LogP contribution >= 0.6 is 0 Å². The van der Waals surface area contributed by atoms with Gasteiger partial charge in [0.1, 0.15) is 0 Å². The predicted octanol–water partition coefficient (Wildman–Crippen LogP) is 1.52. The Labute approximate surface area is 170 Å². The van der Waals surface area contributed by atoms with E-state index in [0.717, 1.165) is 71.2 Å². The summed E-state index contributed by atoms with van der Waals surface area (Å²) in [5.74, 6) is 1.55. The first-order valence-corrected chi connectivity index (χ1v) is 10.8. The van der Waals surface area contributed by atoms with E-state index in [4.69, 9.17) is 14.5 Å². The smallest absolute Gasteiger partial charge is 0.409 e. The molecule has 2 heterocycles. The predicted molar refractivity (Wildman–Crippen MR) is 112 cm³/mol.